The van der Waals surface area contributed by atoms with Crippen molar-refractivity contribution in [1.82, 2.24) is 15.2 Å². The zero-order chi connectivity index (χ0) is 22.4. The highest BCUT2D eigenvalue weighted by Gasteiger charge is 2.18. The van der Waals surface area contributed by atoms with Gasteiger partial charge in [0.1, 0.15) is 23.7 Å². The number of carbonyl (C=O) groups is 1. The topological polar surface area (TPSA) is 58.4 Å². The molecule has 0 saturated carbocycles. The Morgan fingerprint density at radius 1 is 1.06 bits per heavy atom. The minimum atomic E-state index is -0.662. The molecular weight excluding hydrogens is 407 g/mol. The lowest BCUT2D eigenvalue weighted by molar-refractivity contribution is 0.0934. The zero-order valence-corrected chi connectivity index (χ0v) is 17.4. The van der Waals surface area contributed by atoms with Crippen LogP contribution in [0.1, 0.15) is 47.8 Å². The molecule has 31 heavy (non-hydrogen) atoms. The summed E-state index contributed by atoms with van der Waals surface area (Å²) < 4.78 is 46.1. The van der Waals surface area contributed by atoms with Crippen LogP contribution in [-0.4, -0.2) is 21.8 Å². The van der Waals surface area contributed by atoms with E-state index in [9.17, 15) is 18.0 Å². The van der Waals surface area contributed by atoms with Crippen molar-refractivity contribution < 1.29 is 22.4 Å². The Bertz CT molecular complexity index is 1020. The summed E-state index contributed by atoms with van der Waals surface area (Å²) in [7, 11) is 0. The van der Waals surface area contributed by atoms with Gasteiger partial charge in [0, 0.05) is 30.8 Å². The van der Waals surface area contributed by atoms with E-state index in [1.165, 1.54) is 30.5 Å². The van der Waals surface area contributed by atoms with Gasteiger partial charge in [0.2, 0.25) is 5.89 Å². The predicted molar refractivity (Wildman–Crippen MR) is 109 cm³/mol. The number of rotatable bonds is 9. The van der Waals surface area contributed by atoms with Crippen LogP contribution in [0.25, 0.3) is 0 Å². The smallest absolute Gasteiger partial charge is 0.273 e. The third-order valence-corrected chi connectivity index (χ3v) is 4.86. The number of carbonyl (C=O) groups excluding carboxylic acids is 1. The number of amides is 1. The average Bonchev–Trinajstić information content (AvgIpc) is 3.20. The van der Waals surface area contributed by atoms with Crippen molar-refractivity contribution >= 4 is 5.91 Å². The van der Waals surface area contributed by atoms with Gasteiger partial charge in [0.25, 0.3) is 5.91 Å². The van der Waals surface area contributed by atoms with Crippen molar-refractivity contribution in [2.45, 2.75) is 45.9 Å². The van der Waals surface area contributed by atoms with Gasteiger partial charge in [-0.25, -0.2) is 18.2 Å². The fourth-order valence-electron chi connectivity index (χ4n) is 2.99. The van der Waals surface area contributed by atoms with E-state index in [2.05, 4.69) is 10.3 Å². The normalized spacial score (nSPS) is 12.2. The molecule has 0 radical (unpaired) electrons. The van der Waals surface area contributed by atoms with Crippen molar-refractivity contribution in [2.24, 2.45) is 0 Å². The molecule has 0 aliphatic carbocycles. The first-order chi connectivity index (χ1) is 14.8. The molecule has 1 amide bonds. The van der Waals surface area contributed by atoms with E-state index >= 15 is 0 Å². The van der Waals surface area contributed by atoms with Crippen molar-refractivity contribution in [3.05, 3.63) is 88.9 Å². The van der Waals surface area contributed by atoms with Gasteiger partial charge in [-0.3, -0.25) is 9.69 Å². The average molecular weight is 431 g/mol. The minimum absolute atomic E-state index is 0.00377. The van der Waals surface area contributed by atoms with E-state index in [1.54, 1.807) is 12.1 Å². The Morgan fingerprint density at radius 3 is 2.45 bits per heavy atom. The largest absolute Gasteiger partial charge is 0.447 e. The Balaban J connectivity index is 1.77. The second-order valence-corrected chi connectivity index (χ2v) is 7.42. The van der Waals surface area contributed by atoms with Crippen molar-refractivity contribution in [2.75, 3.05) is 0 Å². The molecule has 1 atom stereocenters. The van der Waals surface area contributed by atoms with Crippen molar-refractivity contribution in [1.29, 1.82) is 0 Å². The molecule has 5 nitrogen and oxygen atoms in total. The first-order valence-corrected chi connectivity index (χ1v) is 10.00. The fourth-order valence-corrected chi connectivity index (χ4v) is 2.99. The molecule has 1 N–H and O–H groups in total. The molecule has 1 aromatic heterocycles. The van der Waals surface area contributed by atoms with Crippen LogP contribution in [0.2, 0.25) is 0 Å². The highest BCUT2D eigenvalue weighted by molar-refractivity contribution is 5.92. The Labute approximate surface area is 178 Å². The number of oxazole rings is 1. The lowest BCUT2D eigenvalue weighted by Crippen LogP contribution is -2.32. The van der Waals surface area contributed by atoms with Gasteiger partial charge in [0.15, 0.2) is 5.69 Å². The second-order valence-electron chi connectivity index (χ2n) is 7.42. The standard InChI is InChI=1S/C23H24F3N3O2/c1-3-15(2)27-23(30)21-14-31-22(28-21)13-29(11-16-4-7-18(24)8-5-16)12-17-6-9-19(25)10-20(17)26/h4-10,14-15H,3,11-13H2,1-2H3,(H,27,30)/t15-/m1/s1. The summed E-state index contributed by atoms with van der Waals surface area (Å²) in [5.74, 6) is -1.73. The van der Waals surface area contributed by atoms with Gasteiger partial charge in [-0.05, 0) is 37.1 Å². The molecule has 0 aliphatic rings. The van der Waals surface area contributed by atoms with Gasteiger partial charge in [-0.1, -0.05) is 25.1 Å². The van der Waals surface area contributed by atoms with Crippen LogP contribution < -0.4 is 5.32 Å². The maximum atomic E-state index is 14.2. The molecular formula is C23H24F3N3O2. The summed E-state index contributed by atoms with van der Waals surface area (Å²) in [5, 5.41) is 2.81. The highest BCUT2D eigenvalue weighted by Crippen LogP contribution is 2.17. The number of nitrogens with one attached hydrogen (secondary N) is 1. The van der Waals surface area contributed by atoms with Gasteiger partial charge in [0.05, 0.1) is 6.54 Å². The number of hydrogen-bond donors (Lipinski definition) is 1. The number of nitrogens with zero attached hydrogens (tertiary/aromatic N) is 2. The molecule has 3 aromatic rings. The highest BCUT2D eigenvalue weighted by atomic mass is 19.1. The summed E-state index contributed by atoms with van der Waals surface area (Å²) in [4.78, 5) is 18.3. The van der Waals surface area contributed by atoms with Crippen LogP contribution in [0.15, 0.2) is 53.1 Å². The third-order valence-electron chi connectivity index (χ3n) is 4.86. The van der Waals surface area contributed by atoms with Crippen LogP contribution in [0, 0.1) is 17.5 Å². The summed E-state index contributed by atoms with van der Waals surface area (Å²) in [6.07, 6.45) is 2.06. The van der Waals surface area contributed by atoms with Gasteiger partial charge in [-0.15, -0.1) is 0 Å². The minimum Gasteiger partial charge on any atom is -0.447 e. The van der Waals surface area contributed by atoms with E-state index in [0.29, 0.717) is 12.1 Å². The van der Waals surface area contributed by atoms with E-state index in [-0.39, 0.29) is 42.4 Å². The SMILES string of the molecule is CC[C@@H](C)NC(=O)c1coc(CN(Cc2ccc(F)cc2)Cc2ccc(F)cc2F)n1. The van der Waals surface area contributed by atoms with Crippen LogP contribution >= 0.6 is 0 Å². The van der Waals surface area contributed by atoms with Gasteiger partial charge < -0.3 is 9.73 Å². The molecule has 164 valence electrons. The summed E-state index contributed by atoms with van der Waals surface area (Å²) in [6.45, 7) is 4.50. The predicted octanol–water partition coefficient (Wildman–Crippen LogP) is 4.82. The van der Waals surface area contributed by atoms with E-state index in [4.69, 9.17) is 4.42 Å². The van der Waals surface area contributed by atoms with E-state index in [1.807, 2.05) is 18.7 Å². The number of hydrogen-bond acceptors (Lipinski definition) is 4. The summed E-state index contributed by atoms with van der Waals surface area (Å²) >= 11 is 0. The molecule has 0 unspecified atom stereocenters. The molecule has 0 spiro atoms. The molecule has 8 heteroatoms. The fraction of sp³-hybridized carbons (Fsp3) is 0.304. The van der Waals surface area contributed by atoms with Crippen molar-refractivity contribution in [3.63, 3.8) is 0 Å². The Morgan fingerprint density at radius 2 is 1.77 bits per heavy atom. The van der Waals surface area contributed by atoms with Gasteiger partial charge in [-0.2, -0.15) is 0 Å². The lowest BCUT2D eigenvalue weighted by Gasteiger charge is -2.21. The number of halogens is 3. The second kappa shape index (κ2) is 10.3. The Kier molecular flexibility index (Phi) is 7.46. The Hall–Kier alpha value is -3.13. The zero-order valence-electron chi connectivity index (χ0n) is 17.4. The molecule has 0 fully saturated rings. The molecule has 0 bridgehead atoms. The van der Waals surface area contributed by atoms with Crippen LogP contribution in [0.5, 0.6) is 0 Å². The molecule has 3 rings (SSSR count). The van der Waals surface area contributed by atoms with Crippen LogP contribution in [-0.2, 0) is 19.6 Å². The first kappa shape index (κ1) is 22.6. The van der Waals surface area contributed by atoms with Crippen molar-refractivity contribution in [3.8, 4) is 0 Å². The maximum absolute atomic E-state index is 14.2. The molecule has 2 aromatic carbocycles. The van der Waals surface area contributed by atoms with Crippen LogP contribution in [0.4, 0.5) is 13.2 Å². The quantitative estimate of drug-likeness (QED) is 0.528. The summed E-state index contributed by atoms with van der Waals surface area (Å²) in [5.41, 5.74) is 1.25. The molecule has 0 aliphatic heterocycles. The number of aromatic nitrogens is 1. The molecule has 0 saturated heterocycles. The van der Waals surface area contributed by atoms with Crippen LogP contribution in [0.3, 0.4) is 0 Å². The number of benzene rings is 2. The monoisotopic (exact) mass is 431 g/mol. The lowest BCUT2D eigenvalue weighted by atomic mass is 10.1. The molecule has 1 heterocycles. The third kappa shape index (κ3) is 6.42. The summed E-state index contributed by atoms with van der Waals surface area (Å²) in [6, 6.07) is 9.34. The van der Waals surface area contributed by atoms with Gasteiger partial charge >= 0.3 is 0 Å². The van der Waals surface area contributed by atoms with E-state index < -0.39 is 11.6 Å². The van der Waals surface area contributed by atoms with E-state index in [0.717, 1.165) is 18.1 Å². The maximum Gasteiger partial charge on any atom is 0.273 e. The first-order valence-electron chi connectivity index (χ1n) is 10.00.